The highest BCUT2D eigenvalue weighted by atomic mass is 16.2. The monoisotopic (exact) mass is 284 g/mol. The predicted molar refractivity (Wildman–Crippen MR) is 79.7 cm³/mol. The molecule has 0 unspecified atom stereocenters. The molecule has 5 nitrogen and oxygen atoms in total. The van der Waals surface area contributed by atoms with Crippen LogP contribution in [-0.2, 0) is 24.3 Å². The van der Waals surface area contributed by atoms with Crippen LogP contribution in [0.5, 0.6) is 0 Å². The Labute approximate surface area is 124 Å². The van der Waals surface area contributed by atoms with Crippen LogP contribution in [0.2, 0.25) is 0 Å². The summed E-state index contributed by atoms with van der Waals surface area (Å²) in [4.78, 5) is 14.2. The Balaban J connectivity index is 1.58. The fourth-order valence-electron chi connectivity index (χ4n) is 2.68. The van der Waals surface area contributed by atoms with E-state index in [1.54, 1.807) is 0 Å². The van der Waals surface area contributed by atoms with Gasteiger partial charge in [0.2, 0.25) is 5.91 Å². The number of carbonyl (C=O) groups is 1. The molecular weight excluding hydrogens is 264 g/mol. The van der Waals surface area contributed by atoms with Gasteiger partial charge in [-0.15, -0.1) is 10.2 Å². The van der Waals surface area contributed by atoms with E-state index in [1.165, 1.54) is 11.1 Å². The van der Waals surface area contributed by atoms with E-state index in [0.29, 0.717) is 13.0 Å². The van der Waals surface area contributed by atoms with Crippen LogP contribution in [0.1, 0.15) is 29.2 Å². The van der Waals surface area contributed by atoms with Crippen molar-refractivity contribution in [3.05, 3.63) is 47.0 Å². The second-order valence-electron chi connectivity index (χ2n) is 5.62. The summed E-state index contributed by atoms with van der Waals surface area (Å²) in [7, 11) is 0. The van der Waals surface area contributed by atoms with Gasteiger partial charge in [-0.2, -0.15) is 0 Å². The maximum atomic E-state index is 12.3. The largest absolute Gasteiger partial charge is 0.333 e. The highest BCUT2D eigenvalue weighted by Gasteiger charge is 2.22. The lowest BCUT2D eigenvalue weighted by Crippen LogP contribution is -2.38. The Morgan fingerprint density at radius 2 is 1.90 bits per heavy atom. The number of fused-ring (bicyclic) bond motifs is 1. The van der Waals surface area contributed by atoms with Crippen molar-refractivity contribution in [3.63, 3.8) is 0 Å². The average molecular weight is 284 g/mol. The lowest BCUT2D eigenvalue weighted by atomic mass is 10.1. The summed E-state index contributed by atoms with van der Waals surface area (Å²) in [6.45, 7) is 6.14. The number of nitrogens with zero attached hydrogens (tertiary/aromatic N) is 4. The van der Waals surface area contributed by atoms with Gasteiger partial charge < -0.3 is 9.47 Å². The maximum absolute atomic E-state index is 12.3. The molecule has 0 aliphatic carbocycles. The number of aromatic nitrogens is 3. The molecule has 0 N–H and O–H groups in total. The summed E-state index contributed by atoms with van der Waals surface area (Å²) in [5.74, 6) is 2.02. The molecule has 1 aromatic carbocycles. The van der Waals surface area contributed by atoms with Crippen LogP contribution >= 0.6 is 0 Å². The number of hydrogen-bond donors (Lipinski definition) is 0. The summed E-state index contributed by atoms with van der Waals surface area (Å²) < 4.78 is 2.09. The van der Waals surface area contributed by atoms with Gasteiger partial charge in [-0.25, -0.2) is 0 Å². The third kappa shape index (κ3) is 2.96. The van der Waals surface area contributed by atoms with E-state index in [9.17, 15) is 4.79 Å². The van der Waals surface area contributed by atoms with E-state index >= 15 is 0 Å². The number of rotatable bonds is 3. The highest BCUT2D eigenvalue weighted by Crippen LogP contribution is 2.14. The van der Waals surface area contributed by atoms with Crippen LogP contribution in [-0.4, -0.2) is 32.1 Å². The first-order chi connectivity index (χ1) is 10.1. The molecular formula is C16H20N4O. The van der Waals surface area contributed by atoms with E-state index in [1.807, 2.05) is 11.8 Å². The fourth-order valence-corrected chi connectivity index (χ4v) is 2.68. The van der Waals surface area contributed by atoms with Gasteiger partial charge in [0.05, 0.1) is 6.54 Å². The van der Waals surface area contributed by atoms with E-state index < -0.39 is 0 Å². The molecule has 5 heteroatoms. The Morgan fingerprint density at radius 3 is 2.67 bits per heavy atom. The van der Waals surface area contributed by atoms with Crippen LogP contribution in [0, 0.1) is 13.8 Å². The molecule has 0 bridgehead atoms. The first-order valence-corrected chi connectivity index (χ1v) is 7.35. The first-order valence-electron chi connectivity index (χ1n) is 7.35. The molecule has 0 saturated carbocycles. The number of aryl methyl sites for hydroxylation is 3. The Bertz CT molecular complexity index is 645. The van der Waals surface area contributed by atoms with Crippen molar-refractivity contribution in [1.82, 2.24) is 19.7 Å². The van der Waals surface area contributed by atoms with Gasteiger partial charge in [0.25, 0.3) is 0 Å². The minimum atomic E-state index is 0.197. The number of benzene rings is 1. The quantitative estimate of drug-likeness (QED) is 0.864. The summed E-state index contributed by atoms with van der Waals surface area (Å²) in [6, 6.07) is 8.37. The molecule has 21 heavy (non-hydrogen) atoms. The van der Waals surface area contributed by atoms with E-state index in [0.717, 1.165) is 31.2 Å². The minimum absolute atomic E-state index is 0.197. The molecule has 1 amide bonds. The summed E-state index contributed by atoms with van der Waals surface area (Å²) in [6.07, 6.45) is 1.34. The lowest BCUT2D eigenvalue weighted by molar-refractivity contribution is -0.132. The lowest BCUT2D eigenvalue weighted by Gasteiger charge is -2.27. The molecule has 0 atom stereocenters. The van der Waals surface area contributed by atoms with E-state index in [2.05, 4.69) is 46.0 Å². The minimum Gasteiger partial charge on any atom is -0.333 e. The van der Waals surface area contributed by atoms with Crippen LogP contribution in [0.25, 0.3) is 0 Å². The molecule has 110 valence electrons. The molecule has 1 aliphatic rings. The zero-order valence-corrected chi connectivity index (χ0v) is 12.5. The number of carbonyl (C=O) groups excluding carboxylic acids is 1. The van der Waals surface area contributed by atoms with Crippen LogP contribution < -0.4 is 0 Å². The van der Waals surface area contributed by atoms with Crippen LogP contribution in [0.3, 0.4) is 0 Å². The molecule has 0 saturated heterocycles. The van der Waals surface area contributed by atoms with Gasteiger partial charge in [0, 0.05) is 19.5 Å². The second-order valence-corrected chi connectivity index (χ2v) is 5.62. The average Bonchev–Trinajstić information content (AvgIpc) is 2.87. The van der Waals surface area contributed by atoms with E-state index in [-0.39, 0.29) is 5.91 Å². The summed E-state index contributed by atoms with van der Waals surface area (Å²) in [5, 5.41) is 8.20. The van der Waals surface area contributed by atoms with E-state index in [4.69, 9.17) is 0 Å². The Hall–Kier alpha value is -2.17. The number of hydrogen-bond acceptors (Lipinski definition) is 3. The number of amides is 1. The molecule has 3 rings (SSSR count). The standard InChI is InChI=1S/C16H20N4O/c1-12-3-5-14(6-4-12)7-8-16(21)19-9-10-20-13(2)17-18-15(20)11-19/h3-6H,7-11H2,1-2H3. The summed E-state index contributed by atoms with van der Waals surface area (Å²) >= 11 is 0. The molecule has 0 fully saturated rings. The van der Waals surface area contributed by atoms with Crippen LogP contribution in [0.4, 0.5) is 0 Å². The van der Waals surface area contributed by atoms with Crippen molar-refractivity contribution in [2.24, 2.45) is 0 Å². The molecule has 1 aromatic heterocycles. The Morgan fingerprint density at radius 1 is 1.14 bits per heavy atom. The summed E-state index contributed by atoms with van der Waals surface area (Å²) in [5.41, 5.74) is 2.46. The normalized spacial score (nSPS) is 14.1. The van der Waals surface area contributed by atoms with Crippen molar-refractivity contribution in [2.45, 2.75) is 39.8 Å². The smallest absolute Gasteiger partial charge is 0.223 e. The zero-order chi connectivity index (χ0) is 14.8. The van der Waals surface area contributed by atoms with Gasteiger partial charge >= 0.3 is 0 Å². The topological polar surface area (TPSA) is 51.0 Å². The van der Waals surface area contributed by atoms with Gasteiger partial charge in [0.1, 0.15) is 5.82 Å². The SMILES string of the molecule is Cc1ccc(CCC(=O)N2CCn3c(C)nnc3C2)cc1. The van der Waals surface area contributed by atoms with Crippen LogP contribution in [0.15, 0.2) is 24.3 Å². The second kappa shape index (κ2) is 5.68. The predicted octanol–water partition coefficient (Wildman–Crippen LogP) is 1.87. The van der Waals surface area contributed by atoms with Gasteiger partial charge in [-0.1, -0.05) is 29.8 Å². The molecule has 0 radical (unpaired) electrons. The third-order valence-corrected chi connectivity index (χ3v) is 4.04. The molecule has 1 aliphatic heterocycles. The maximum Gasteiger partial charge on any atom is 0.223 e. The van der Waals surface area contributed by atoms with Crippen molar-refractivity contribution in [2.75, 3.05) is 6.54 Å². The fraction of sp³-hybridized carbons (Fsp3) is 0.438. The molecule has 2 aromatic rings. The van der Waals surface area contributed by atoms with Crippen molar-refractivity contribution in [1.29, 1.82) is 0 Å². The van der Waals surface area contributed by atoms with Crippen molar-refractivity contribution >= 4 is 5.91 Å². The molecule has 2 heterocycles. The van der Waals surface area contributed by atoms with Crippen molar-refractivity contribution < 1.29 is 4.79 Å². The first kappa shape index (κ1) is 13.8. The zero-order valence-electron chi connectivity index (χ0n) is 12.5. The highest BCUT2D eigenvalue weighted by molar-refractivity contribution is 5.76. The van der Waals surface area contributed by atoms with Gasteiger partial charge in [-0.05, 0) is 25.8 Å². The Kier molecular flexibility index (Phi) is 3.73. The van der Waals surface area contributed by atoms with Gasteiger partial charge in [-0.3, -0.25) is 4.79 Å². The van der Waals surface area contributed by atoms with Crippen molar-refractivity contribution in [3.8, 4) is 0 Å². The molecule has 0 spiro atoms. The third-order valence-electron chi connectivity index (χ3n) is 4.04. The van der Waals surface area contributed by atoms with Gasteiger partial charge in [0.15, 0.2) is 5.82 Å².